The van der Waals surface area contributed by atoms with Crippen molar-refractivity contribution in [2.75, 3.05) is 0 Å². The minimum atomic E-state index is -4.18. The van der Waals surface area contributed by atoms with Crippen LogP contribution in [0.2, 0.25) is 0 Å². The average molecular weight is 363 g/mol. The van der Waals surface area contributed by atoms with E-state index in [0.717, 1.165) is 36.8 Å². The molecule has 0 bridgehead atoms. The molecule has 1 aromatic rings. The fourth-order valence-corrected chi connectivity index (χ4v) is 6.62. The van der Waals surface area contributed by atoms with E-state index < -0.39 is 10.1 Å². The first-order valence-corrected chi connectivity index (χ1v) is 11.6. The molecule has 0 radical (unpaired) electrons. The van der Waals surface area contributed by atoms with Gasteiger partial charge in [0.25, 0.3) is 10.1 Å². The second kappa shape index (κ2) is 7.03. The predicted octanol–water partition coefficient (Wildman–Crippen LogP) is 5.91. The number of benzene rings is 1. The first-order chi connectivity index (χ1) is 12.0. The molecular formula is C21H30O3S. The topological polar surface area (TPSA) is 54.4 Å². The van der Waals surface area contributed by atoms with Gasteiger partial charge in [-0.15, -0.1) is 0 Å². The van der Waals surface area contributed by atoms with Gasteiger partial charge in [0.2, 0.25) is 0 Å². The Morgan fingerprint density at radius 1 is 0.680 bits per heavy atom. The molecule has 3 saturated carbocycles. The van der Waals surface area contributed by atoms with E-state index in [4.69, 9.17) is 0 Å². The van der Waals surface area contributed by atoms with Gasteiger partial charge in [-0.1, -0.05) is 50.7 Å². The fourth-order valence-electron chi connectivity index (χ4n) is 5.57. The molecule has 1 N–H and O–H groups in total. The molecule has 138 valence electrons. The first-order valence-electron chi connectivity index (χ1n) is 10.2. The molecule has 1 aromatic carbocycles. The van der Waals surface area contributed by atoms with Gasteiger partial charge in [0.1, 0.15) is 4.90 Å². The highest BCUT2D eigenvalue weighted by Gasteiger charge is 2.33. The van der Waals surface area contributed by atoms with Crippen LogP contribution in [0.5, 0.6) is 0 Å². The van der Waals surface area contributed by atoms with Crippen LogP contribution < -0.4 is 0 Å². The zero-order valence-electron chi connectivity index (χ0n) is 15.0. The van der Waals surface area contributed by atoms with E-state index in [1.165, 1.54) is 56.9 Å². The Hall–Kier alpha value is -0.870. The van der Waals surface area contributed by atoms with Gasteiger partial charge in [0, 0.05) is 0 Å². The monoisotopic (exact) mass is 362 g/mol. The summed E-state index contributed by atoms with van der Waals surface area (Å²) < 4.78 is 34.9. The van der Waals surface area contributed by atoms with Crippen molar-refractivity contribution >= 4 is 10.1 Å². The maximum atomic E-state index is 12.4. The Bertz CT molecular complexity index is 683. The Morgan fingerprint density at radius 2 is 1.04 bits per heavy atom. The zero-order chi connectivity index (χ0) is 17.4. The quantitative estimate of drug-likeness (QED) is 0.678. The van der Waals surface area contributed by atoms with Gasteiger partial charge in [-0.05, 0) is 73.0 Å². The van der Waals surface area contributed by atoms with E-state index in [2.05, 4.69) is 12.1 Å². The number of hydrogen-bond acceptors (Lipinski definition) is 2. The van der Waals surface area contributed by atoms with Crippen molar-refractivity contribution < 1.29 is 13.0 Å². The molecule has 0 aromatic heterocycles. The molecule has 0 unspecified atom stereocenters. The van der Waals surface area contributed by atoms with E-state index in [1.54, 1.807) is 0 Å². The SMILES string of the molecule is O=S(=O)(O)c1c(C2CCCC2)cc(C2CCCC2)cc1C1CCCC1. The molecule has 3 aliphatic rings. The van der Waals surface area contributed by atoms with E-state index in [1.807, 2.05) is 0 Å². The number of hydrogen-bond donors (Lipinski definition) is 1. The second-order valence-electron chi connectivity index (χ2n) is 8.45. The third kappa shape index (κ3) is 3.52. The van der Waals surface area contributed by atoms with E-state index in [0.29, 0.717) is 17.8 Å². The molecule has 0 aliphatic heterocycles. The third-order valence-corrected chi connectivity index (χ3v) is 7.83. The minimum absolute atomic E-state index is 0.285. The van der Waals surface area contributed by atoms with Gasteiger partial charge in [-0.25, -0.2) is 0 Å². The smallest absolute Gasteiger partial charge is 0.282 e. The van der Waals surface area contributed by atoms with Gasteiger partial charge >= 0.3 is 0 Å². The molecule has 4 heteroatoms. The Morgan fingerprint density at radius 3 is 1.40 bits per heavy atom. The maximum Gasteiger partial charge on any atom is 0.295 e. The fraction of sp³-hybridized carbons (Fsp3) is 0.714. The van der Waals surface area contributed by atoms with E-state index in [9.17, 15) is 13.0 Å². The van der Waals surface area contributed by atoms with Crippen LogP contribution in [0.15, 0.2) is 17.0 Å². The van der Waals surface area contributed by atoms with Crippen molar-refractivity contribution in [1.82, 2.24) is 0 Å². The standard InChI is InChI=1S/C21H30O3S/c22-25(23,24)21-19(16-9-3-4-10-16)13-18(15-7-1-2-8-15)14-20(21)17-11-5-6-12-17/h13-17H,1-12H2,(H,22,23,24). The lowest BCUT2D eigenvalue weighted by molar-refractivity contribution is 0.477. The summed E-state index contributed by atoms with van der Waals surface area (Å²) in [5.41, 5.74) is 3.21. The highest BCUT2D eigenvalue weighted by molar-refractivity contribution is 7.86. The van der Waals surface area contributed by atoms with Crippen LogP contribution in [0.25, 0.3) is 0 Å². The van der Waals surface area contributed by atoms with Crippen molar-refractivity contribution in [3.63, 3.8) is 0 Å². The Labute approximate surface area is 152 Å². The Kier molecular flexibility index (Phi) is 4.93. The number of rotatable bonds is 4. The van der Waals surface area contributed by atoms with Crippen LogP contribution in [-0.2, 0) is 10.1 Å². The summed E-state index contributed by atoms with van der Waals surface area (Å²) in [6, 6.07) is 4.32. The van der Waals surface area contributed by atoms with Crippen molar-refractivity contribution in [2.45, 2.75) is 99.7 Å². The second-order valence-corrected chi connectivity index (χ2v) is 9.81. The van der Waals surface area contributed by atoms with E-state index >= 15 is 0 Å². The van der Waals surface area contributed by atoms with Crippen LogP contribution in [0.4, 0.5) is 0 Å². The zero-order valence-corrected chi connectivity index (χ0v) is 15.9. The lowest BCUT2D eigenvalue weighted by atomic mass is 9.85. The highest BCUT2D eigenvalue weighted by atomic mass is 32.2. The summed E-state index contributed by atoms with van der Waals surface area (Å²) in [7, 11) is -4.18. The Balaban J connectivity index is 1.88. The molecule has 3 fully saturated rings. The van der Waals surface area contributed by atoms with Crippen LogP contribution >= 0.6 is 0 Å². The molecule has 0 atom stereocenters. The van der Waals surface area contributed by atoms with Crippen molar-refractivity contribution in [1.29, 1.82) is 0 Å². The summed E-state index contributed by atoms with van der Waals surface area (Å²) >= 11 is 0. The van der Waals surface area contributed by atoms with Crippen molar-refractivity contribution in [2.24, 2.45) is 0 Å². The summed E-state index contributed by atoms with van der Waals surface area (Å²) in [5.74, 6) is 1.19. The van der Waals surface area contributed by atoms with E-state index in [-0.39, 0.29) is 4.90 Å². The largest absolute Gasteiger partial charge is 0.295 e. The lowest BCUT2D eigenvalue weighted by Crippen LogP contribution is -2.13. The molecule has 0 heterocycles. The molecular weight excluding hydrogens is 332 g/mol. The maximum absolute atomic E-state index is 12.4. The van der Waals surface area contributed by atoms with Crippen molar-refractivity contribution in [3.8, 4) is 0 Å². The van der Waals surface area contributed by atoms with Crippen LogP contribution in [0.1, 0.15) is 111 Å². The molecule has 0 spiro atoms. The molecule has 0 saturated heterocycles. The van der Waals surface area contributed by atoms with Crippen LogP contribution in [0.3, 0.4) is 0 Å². The summed E-state index contributed by atoms with van der Waals surface area (Å²) in [6.07, 6.45) is 13.9. The van der Waals surface area contributed by atoms with Gasteiger partial charge in [-0.2, -0.15) is 8.42 Å². The predicted molar refractivity (Wildman–Crippen MR) is 99.9 cm³/mol. The summed E-state index contributed by atoms with van der Waals surface area (Å²) in [4.78, 5) is 0.285. The van der Waals surface area contributed by atoms with Crippen LogP contribution in [-0.4, -0.2) is 13.0 Å². The highest BCUT2D eigenvalue weighted by Crippen LogP contribution is 2.46. The molecule has 3 aliphatic carbocycles. The van der Waals surface area contributed by atoms with Gasteiger partial charge in [-0.3, -0.25) is 4.55 Å². The normalized spacial score (nSPS) is 23.7. The summed E-state index contributed by atoms with van der Waals surface area (Å²) in [5, 5.41) is 0. The van der Waals surface area contributed by atoms with Gasteiger partial charge in [0.15, 0.2) is 0 Å². The summed E-state index contributed by atoms with van der Waals surface area (Å²) in [6.45, 7) is 0. The molecule has 4 rings (SSSR count). The lowest BCUT2D eigenvalue weighted by Gasteiger charge is -2.24. The van der Waals surface area contributed by atoms with Gasteiger partial charge < -0.3 is 0 Å². The molecule has 0 amide bonds. The van der Waals surface area contributed by atoms with Gasteiger partial charge in [0.05, 0.1) is 0 Å². The average Bonchev–Trinajstić information content (AvgIpc) is 3.36. The van der Waals surface area contributed by atoms with Crippen LogP contribution in [0, 0.1) is 0 Å². The van der Waals surface area contributed by atoms with Crippen molar-refractivity contribution in [3.05, 3.63) is 28.8 Å². The first kappa shape index (κ1) is 17.5. The minimum Gasteiger partial charge on any atom is -0.282 e. The third-order valence-electron chi connectivity index (χ3n) is 6.84. The molecule has 25 heavy (non-hydrogen) atoms. The molecule has 3 nitrogen and oxygen atoms in total.